The summed E-state index contributed by atoms with van der Waals surface area (Å²) in [5.74, 6) is 1.42. The SMILES string of the molecule is COc1ccc(Br)cc1CNC(c1ccc(F)cc1)c1nccn1C. The molecule has 0 fully saturated rings. The molecule has 1 unspecified atom stereocenters. The van der Waals surface area contributed by atoms with E-state index in [9.17, 15) is 4.39 Å². The van der Waals surface area contributed by atoms with Gasteiger partial charge in [0, 0.05) is 36.0 Å². The van der Waals surface area contributed by atoms with Gasteiger partial charge in [-0.15, -0.1) is 0 Å². The lowest BCUT2D eigenvalue weighted by Gasteiger charge is -2.20. The van der Waals surface area contributed by atoms with Gasteiger partial charge in [-0.05, 0) is 35.9 Å². The molecule has 6 heteroatoms. The molecule has 1 N–H and O–H groups in total. The molecular weight excluding hydrogens is 385 g/mol. The van der Waals surface area contributed by atoms with E-state index in [1.807, 2.05) is 36.0 Å². The van der Waals surface area contributed by atoms with Crippen molar-refractivity contribution in [2.45, 2.75) is 12.6 Å². The summed E-state index contributed by atoms with van der Waals surface area (Å²) < 4.78 is 21.7. The second-order valence-electron chi connectivity index (χ2n) is 5.72. The average molecular weight is 404 g/mol. The predicted molar refractivity (Wildman–Crippen MR) is 99.0 cm³/mol. The normalized spacial score (nSPS) is 12.2. The summed E-state index contributed by atoms with van der Waals surface area (Å²) in [6, 6.07) is 12.2. The van der Waals surface area contributed by atoms with Crippen LogP contribution in [0.15, 0.2) is 59.3 Å². The number of aromatic nitrogens is 2. The summed E-state index contributed by atoms with van der Waals surface area (Å²) >= 11 is 3.49. The number of rotatable bonds is 6. The average Bonchev–Trinajstić information content (AvgIpc) is 3.03. The largest absolute Gasteiger partial charge is 0.496 e. The highest BCUT2D eigenvalue weighted by atomic mass is 79.9. The Morgan fingerprint density at radius 1 is 1.24 bits per heavy atom. The summed E-state index contributed by atoms with van der Waals surface area (Å²) in [4.78, 5) is 4.45. The Labute approximate surface area is 154 Å². The first-order chi connectivity index (χ1) is 12.1. The number of nitrogens with zero attached hydrogens (tertiary/aromatic N) is 2. The molecule has 1 heterocycles. The third-order valence-electron chi connectivity index (χ3n) is 4.06. The molecule has 2 aromatic carbocycles. The Morgan fingerprint density at radius 3 is 2.64 bits per heavy atom. The first-order valence-corrected chi connectivity index (χ1v) is 8.66. The summed E-state index contributed by atoms with van der Waals surface area (Å²) in [6.45, 7) is 0.581. The smallest absolute Gasteiger partial charge is 0.130 e. The standard InChI is InChI=1S/C19H19BrFN3O/c1-24-10-9-22-19(24)18(13-3-6-16(21)7-4-13)23-12-14-11-15(20)5-8-17(14)25-2/h3-11,18,23H,12H2,1-2H3. The number of imidazole rings is 1. The number of nitrogens with one attached hydrogen (secondary N) is 1. The third kappa shape index (κ3) is 4.08. The van der Waals surface area contributed by atoms with Crippen LogP contribution in [0.25, 0.3) is 0 Å². The van der Waals surface area contributed by atoms with Crippen LogP contribution >= 0.6 is 15.9 Å². The molecule has 0 aliphatic carbocycles. The monoisotopic (exact) mass is 403 g/mol. The Bertz CT molecular complexity index is 848. The fourth-order valence-corrected chi connectivity index (χ4v) is 3.17. The van der Waals surface area contributed by atoms with Gasteiger partial charge >= 0.3 is 0 Å². The van der Waals surface area contributed by atoms with Crippen LogP contribution in [0, 0.1) is 5.82 Å². The molecule has 130 valence electrons. The van der Waals surface area contributed by atoms with Gasteiger partial charge in [0.15, 0.2) is 0 Å². The van der Waals surface area contributed by atoms with Crippen LogP contribution in [-0.4, -0.2) is 16.7 Å². The highest BCUT2D eigenvalue weighted by Gasteiger charge is 2.18. The van der Waals surface area contributed by atoms with Gasteiger partial charge in [-0.25, -0.2) is 9.37 Å². The second kappa shape index (κ2) is 7.80. The summed E-state index contributed by atoms with van der Waals surface area (Å²) in [7, 11) is 3.60. The van der Waals surface area contributed by atoms with Gasteiger partial charge in [-0.1, -0.05) is 28.1 Å². The predicted octanol–water partition coefficient (Wildman–Crippen LogP) is 4.21. The molecule has 4 nitrogen and oxygen atoms in total. The zero-order valence-corrected chi connectivity index (χ0v) is 15.6. The molecule has 0 saturated carbocycles. The number of methoxy groups -OCH3 is 1. The van der Waals surface area contributed by atoms with Gasteiger partial charge in [0.25, 0.3) is 0 Å². The molecule has 0 amide bonds. The summed E-state index contributed by atoms with van der Waals surface area (Å²) in [6.07, 6.45) is 3.65. The van der Waals surface area contributed by atoms with E-state index in [-0.39, 0.29) is 11.9 Å². The van der Waals surface area contributed by atoms with Gasteiger partial charge in [0.1, 0.15) is 17.4 Å². The molecule has 0 radical (unpaired) electrons. The molecule has 3 rings (SSSR count). The number of hydrogen-bond donors (Lipinski definition) is 1. The van der Waals surface area contributed by atoms with Crippen LogP contribution in [0.4, 0.5) is 4.39 Å². The van der Waals surface area contributed by atoms with E-state index in [0.29, 0.717) is 6.54 Å². The fraction of sp³-hybridized carbons (Fsp3) is 0.211. The van der Waals surface area contributed by atoms with E-state index in [0.717, 1.165) is 27.2 Å². The van der Waals surface area contributed by atoms with Crippen molar-refractivity contribution >= 4 is 15.9 Å². The molecule has 25 heavy (non-hydrogen) atoms. The van der Waals surface area contributed by atoms with Gasteiger partial charge in [0.05, 0.1) is 13.2 Å². The van der Waals surface area contributed by atoms with Crippen LogP contribution in [-0.2, 0) is 13.6 Å². The van der Waals surface area contributed by atoms with Crippen molar-refractivity contribution in [3.05, 3.63) is 82.1 Å². The van der Waals surface area contributed by atoms with E-state index < -0.39 is 0 Å². The Kier molecular flexibility index (Phi) is 5.50. The maximum Gasteiger partial charge on any atom is 0.130 e. The van der Waals surface area contributed by atoms with Crippen molar-refractivity contribution in [3.63, 3.8) is 0 Å². The Morgan fingerprint density at radius 2 is 2.00 bits per heavy atom. The van der Waals surface area contributed by atoms with Crippen LogP contribution in [0.3, 0.4) is 0 Å². The third-order valence-corrected chi connectivity index (χ3v) is 4.55. The number of aryl methyl sites for hydroxylation is 1. The van der Waals surface area contributed by atoms with Gasteiger partial charge in [0.2, 0.25) is 0 Å². The van der Waals surface area contributed by atoms with E-state index in [1.165, 1.54) is 12.1 Å². The lowest BCUT2D eigenvalue weighted by Crippen LogP contribution is -2.25. The number of halogens is 2. The summed E-state index contributed by atoms with van der Waals surface area (Å²) in [5, 5.41) is 3.51. The topological polar surface area (TPSA) is 39.1 Å². The maximum atomic E-state index is 13.3. The molecule has 1 aromatic heterocycles. The molecule has 0 aliphatic rings. The first-order valence-electron chi connectivity index (χ1n) is 7.87. The second-order valence-corrected chi connectivity index (χ2v) is 6.63. The highest BCUT2D eigenvalue weighted by molar-refractivity contribution is 9.10. The van der Waals surface area contributed by atoms with E-state index >= 15 is 0 Å². The van der Waals surface area contributed by atoms with E-state index in [1.54, 1.807) is 25.4 Å². The van der Waals surface area contributed by atoms with Gasteiger partial charge in [-0.3, -0.25) is 5.32 Å². The number of hydrogen-bond acceptors (Lipinski definition) is 3. The molecule has 0 aliphatic heterocycles. The minimum Gasteiger partial charge on any atom is -0.496 e. The van der Waals surface area contributed by atoms with Crippen molar-refractivity contribution in [2.24, 2.45) is 7.05 Å². The molecule has 3 aromatic rings. The quantitative estimate of drug-likeness (QED) is 0.669. The van der Waals surface area contributed by atoms with Crippen molar-refractivity contribution in [2.75, 3.05) is 7.11 Å². The van der Waals surface area contributed by atoms with Crippen LogP contribution in [0.5, 0.6) is 5.75 Å². The molecule has 0 spiro atoms. The highest BCUT2D eigenvalue weighted by Crippen LogP contribution is 2.26. The zero-order chi connectivity index (χ0) is 17.8. The minimum absolute atomic E-state index is 0.163. The first kappa shape index (κ1) is 17.6. The van der Waals surface area contributed by atoms with E-state index in [2.05, 4.69) is 26.2 Å². The lowest BCUT2D eigenvalue weighted by molar-refractivity contribution is 0.406. The number of benzene rings is 2. The molecule has 1 atom stereocenters. The van der Waals surface area contributed by atoms with Crippen LogP contribution in [0.2, 0.25) is 0 Å². The van der Waals surface area contributed by atoms with Crippen LogP contribution < -0.4 is 10.1 Å². The Hall–Kier alpha value is -2.18. The van der Waals surface area contributed by atoms with Crippen LogP contribution in [0.1, 0.15) is 23.0 Å². The summed E-state index contributed by atoms with van der Waals surface area (Å²) in [5.41, 5.74) is 1.97. The lowest BCUT2D eigenvalue weighted by atomic mass is 10.1. The van der Waals surface area contributed by atoms with Crippen molar-refractivity contribution in [1.82, 2.24) is 14.9 Å². The van der Waals surface area contributed by atoms with Crippen molar-refractivity contribution < 1.29 is 9.13 Å². The number of ether oxygens (including phenoxy) is 1. The van der Waals surface area contributed by atoms with E-state index in [4.69, 9.17) is 4.74 Å². The molecule has 0 bridgehead atoms. The van der Waals surface area contributed by atoms with Gasteiger partial charge in [-0.2, -0.15) is 0 Å². The van der Waals surface area contributed by atoms with Gasteiger partial charge < -0.3 is 9.30 Å². The minimum atomic E-state index is -0.254. The molecular formula is C19H19BrFN3O. The van der Waals surface area contributed by atoms with Crippen molar-refractivity contribution in [3.8, 4) is 5.75 Å². The van der Waals surface area contributed by atoms with Crippen molar-refractivity contribution in [1.29, 1.82) is 0 Å². The maximum absolute atomic E-state index is 13.3. The zero-order valence-electron chi connectivity index (χ0n) is 14.0. The fourth-order valence-electron chi connectivity index (χ4n) is 2.77. The molecule has 0 saturated heterocycles. The Balaban J connectivity index is 1.90.